The second-order valence-electron chi connectivity index (χ2n) is 5.95. The van der Waals surface area contributed by atoms with E-state index in [1.54, 1.807) is 6.33 Å². The van der Waals surface area contributed by atoms with Gasteiger partial charge in [-0.1, -0.05) is 6.07 Å². The summed E-state index contributed by atoms with van der Waals surface area (Å²) in [6.45, 7) is 0.878. The SMILES string of the molecule is C(#C[C@H]1CCCN1c1ncnc2nc[nH]c12)Oc1cccc2ocnc12. The second kappa shape index (κ2) is 6.04. The van der Waals surface area contributed by atoms with Crippen LogP contribution >= 0.6 is 0 Å². The molecule has 4 aromatic rings. The summed E-state index contributed by atoms with van der Waals surface area (Å²) in [5, 5.41) is 0. The Kier molecular flexibility index (Phi) is 3.42. The number of fused-ring (bicyclic) bond motifs is 2. The zero-order valence-electron chi connectivity index (χ0n) is 13.7. The Labute approximate surface area is 148 Å². The summed E-state index contributed by atoms with van der Waals surface area (Å²) in [6, 6.07) is 5.53. The highest BCUT2D eigenvalue weighted by molar-refractivity contribution is 5.83. The maximum atomic E-state index is 5.63. The fourth-order valence-corrected chi connectivity index (χ4v) is 3.24. The standard InChI is InChI=1S/C18H14N6O2/c1-4-13(15-14(5-1)26-11-23-15)25-8-6-12-3-2-7-24(12)18-16-17(20-9-19-16)21-10-22-18/h1,4-5,9-12H,2-3,7H2,(H,19,20,21,22)/t12-/m1/s1. The number of benzene rings is 1. The molecule has 26 heavy (non-hydrogen) atoms. The largest absolute Gasteiger partial charge is 0.443 e. The molecule has 0 aliphatic carbocycles. The Morgan fingerprint density at radius 1 is 1.23 bits per heavy atom. The van der Waals surface area contributed by atoms with Crippen LogP contribution in [-0.4, -0.2) is 37.5 Å². The van der Waals surface area contributed by atoms with Gasteiger partial charge in [0, 0.05) is 6.54 Å². The van der Waals surface area contributed by atoms with Crippen molar-refractivity contribution in [3.05, 3.63) is 37.2 Å². The van der Waals surface area contributed by atoms with Crippen LogP contribution in [0, 0.1) is 12.0 Å². The van der Waals surface area contributed by atoms with E-state index >= 15 is 0 Å². The molecule has 128 valence electrons. The number of hydrogen-bond acceptors (Lipinski definition) is 7. The van der Waals surface area contributed by atoms with Crippen LogP contribution < -0.4 is 9.64 Å². The number of hydrogen-bond donors (Lipinski definition) is 1. The van der Waals surface area contributed by atoms with E-state index in [4.69, 9.17) is 9.15 Å². The predicted octanol–water partition coefficient (Wildman–Crippen LogP) is 2.50. The fourth-order valence-electron chi connectivity index (χ4n) is 3.24. The molecule has 1 N–H and O–H groups in total. The van der Waals surface area contributed by atoms with E-state index in [1.165, 1.54) is 12.7 Å². The third-order valence-electron chi connectivity index (χ3n) is 4.44. The number of anilines is 1. The van der Waals surface area contributed by atoms with Crippen LogP contribution in [0.4, 0.5) is 5.82 Å². The highest BCUT2D eigenvalue weighted by Crippen LogP contribution is 2.28. The van der Waals surface area contributed by atoms with Gasteiger partial charge in [0.25, 0.3) is 0 Å². The first-order valence-electron chi connectivity index (χ1n) is 8.30. The van der Waals surface area contributed by atoms with Crippen molar-refractivity contribution >= 4 is 28.1 Å². The van der Waals surface area contributed by atoms with Crippen molar-refractivity contribution in [1.82, 2.24) is 24.9 Å². The molecule has 1 aromatic carbocycles. The van der Waals surface area contributed by atoms with Crippen LogP contribution in [0.1, 0.15) is 12.8 Å². The van der Waals surface area contributed by atoms with Crippen LogP contribution in [0.3, 0.4) is 0 Å². The molecule has 1 aliphatic rings. The molecule has 0 unspecified atom stereocenters. The van der Waals surface area contributed by atoms with Crippen LogP contribution in [0.2, 0.25) is 0 Å². The first-order chi connectivity index (χ1) is 12.9. The summed E-state index contributed by atoms with van der Waals surface area (Å²) in [5.74, 6) is 4.60. The van der Waals surface area contributed by atoms with Crippen molar-refractivity contribution in [3.63, 3.8) is 0 Å². The van der Waals surface area contributed by atoms with Gasteiger partial charge >= 0.3 is 0 Å². The minimum absolute atomic E-state index is 0.0212. The number of aromatic amines is 1. The van der Waals surface area contributed by atoms with E-state index in [1.807, 2.05) is 18.2 Å². The van der Waals surface area contributed by atoms with Crippen molar-refractivity contribution in [1.29, 1.82) is 0 Å². The lowest BCUT2D eigenvalue weighted by atomic mass is 10.2. The fraction of sp³-hybridized carbons (Fsp3) is 0.222. The molecule has 1 aliphatic heterocycles. The molecule has 0 saturated carbocycles. The average molecular weight is 346 g/mol. The molecule has 4 heterocycles. The maximum Gasteiger partial charge on any atom is 0.182 e. The van der Waals surface area contributed by atoms with E-state index in [0.29, 0.717) is 22.5 Å². The van der Waals surface area contributed by atoms with Gasteiger partial charge in [0.1, 0.15) is 18.0 Å². The normalized spacial score (nSPS) is 16.8. The minimum atomic E-state index is 0.0212. The van der Waals surface area contributed by atoms with Crippen LogP contribution in [0.25, 0.3) is 22.3 Å². The van der Waals surface area contributed by atoms with Gasteiger partial charge in [0.15, 0.2) is 34.7 Å². The molecule has 5 rings (SSSR count). The Morgan fingerprint density at radius 3 is 3.23 bits per heavy atom. The summed E-state index contributed by atoms with van der Waals surface area (Å²) in [5.41, 5.74) is 2.83. The van der Waals surface area contributed by atoms with Gasteiger partial charge < -0.3 is 19.0 Å². The molecule has 1 saturated heterocycles. The topological polar surface area (TPSA) is 93.0 Å². The van der Waals surface area contributed by atoms with Crippen molar-refractivity contribution in [2.45, 2.75) is 18.9 Å². The van der Waals surface area contributed by atoms with Crippen LogP contribution in [-0.2, 0) is 0 Å². The first-order valence-corrected chi connectivity index (χ1v) is 8.30. The van der Waals surface area contributed by atoms with Crippen molar-refractivity contribution in [3.8, 4) is 17.8 Å². The molecule has 1 atom stereocenters. The number of aromatic nitrogens is 5. The van der Waals surface area contributed by atoms with Crippen LogP contribution in [0.5, 0.6) is 5.75 Å². The average Bonchev–Trinajstić information content (AvgIpc) is 3.41. The Balaban J connectivity index is 1.41. The number of para-hydroxylation sites is 1. The zero-order valence-corrected chi connectivity index (χ0v) is 13.7. The lowest BCUT2D eigenvalue weighted by Crippen LogP contribution is -2.29. The third-order valence-corrected chi connectivity index (χ3v) is 4.44. The molecule has 0 radical (unpaired) electrons. The summed E-state index contributed by atoms with van der Waals surface area (Å²) < 4.78 is 10.9. The quantitative estimate of drug-likeness (QED) is 0.557. The molecular formula is C18H14N6O2. The summed E-state index contributed by atoms with van der Waals surface area (Å²) >= 11 is 0. The summed E-state index contributed by atoms with van der Waals surface area (Å²) in [6.07, 6.45) is 9.37. The van der Waals surface area contributed by atoms with Gasteiger partial charge in [-0.2, -0.15) is 0 Å². The van der Waals surface area contributed by atoms with Gasteiger partial charge in [-0.15, -0.1) is 0 Å². The molecule has 3 aromatic heterocycles. The Hall–Kier alpha value is -3.60. The van der Waals surface area contributed by atoms with Gasteiger partial charge in [-0.05, 0) is 30.9 Å². The van der Waals surface area contributed by atoms with Crippen LogP contribution in [0.15, 0.2) is 41.7 Å². The number of oxazole rings is 1. The van der Waals surface area contributed by atoms with E-state index in [2.05, 4.69) is 41.8 Å². The number of nitrogens with zero attached hydrogens (tertiary/aromatic N) is 5. The lowest BCUT2D eigenvalue weighted by molar-refractivity contribution is 0.522. The summed E-state index contributed by atoms with van der Waals surface area (Å²) in [4.78, 5) is 22.2. The predicted molar refractivity (Wildman–Crippen MR) is 94.5 cm³/mol. The van der Waals surface area contributed by atoms with E-state index in [9.17, 15) is 0 Å². The second-order valence-corrected chi connectivity index (χ2v) is 5.95. The maximum absolute atomic E-state index is 5.63. The first kappa shape index (κ1) is 14.7. The lowest BCUT2D eigenvalue weighted by Gasteiger charge is -2.21. The molecule has 0 amide bonds. The van der Waals surface area contributed by atoms with Gasteiger partial charge in [-0.3, -0.25) is 0 Å². The Bertz CT molecular complexity index is 1140. The van der Waals surface area contributed by atoms with Gasteiger partial charge in [0.05, 0.1) is 12.4 Å². The molecule has 0 bridgehead atoms. The van der Waals surface area contributed by atoms with Crippen molar-refractivity contribution < 1.29 is 9.15 Å². The zero-order chi connectivity index (χ0) is 17.3. The van der Waals surface area contributed by atoms with Gasteiger partial charge in [-0.25, -0.2) is 19.9 Å². The number of rotatable bonds is 2. The summed E-state index contributed by atoms with van der Waals surface area (Å²) in [7, 11) is 0. The Morgan fingerprint density at radius 2 is 2.23 bits per heavy atom. The minimum Gasteiger partial charge on any atom is -0.443 e. The molecule has 0 spiro atoms. The smallest absolute Gasteiger partial charge is 0.182 e. The van der Waals surface area contributed by atoms with Crippen molar-refractivity contribution in [2.24, 2.45) is 0 Å². The molecule has 1 fully saturated rings. The van der Waals surface area contributed by atoms with Gasteiger partial charge in [0.2, 0.25) is 0 Å². The molecule has 8 nitrogen and oxygen atoms in total. The number of ether oxygens (including phenoxy) is 1. The van der Waals surface area contributed by atoms with Crippen molar-refractivity contribution in [2.75, 3.05) is 11.4 Å². The van der Waals surface area contributed by atoms with E-state index in [0.717, 1.165) is 30.7 Å². The number of nitrogens with one attached hydrogen (secondary N) is 1. The number of H-pyrrole nitrogens is 1. The van der Waals surface area contributed by atoms with E-state index < -0.39 is 0 Å². The van der Waals surface area contributed by atoms with E-state index in [-0.39, 0.29) is 6.04 Å². The monoisotopic (exact) mass is 346 g/mol. The highest BCUT2D eigenvalue weighted by Gasteiger charge is 2.26. The molecular weight excluding hydrogens is 332 g/mol. The number of imidazole rings is 1. The third kappa shape index (κ3) is 2.41. The highest BCUT2D eigenvalue weighted by atomic mass is 16.5. The molecule has 8 heteroatoms.